The molecule has 1 saturated carbocycles. The number of benzene rings is 1. The Balaban J connectivity index is 2.17. The summed E-state index contributed by atoms with van der Waals surface area (Å²) < 4.78 is 0. The van der Waals surface area contributed by atoms with E-state index in [-0.39, 0.29) is 0 Å². The van der Waals surface area contributed by atoms with Crippen molar-refractivity contribution >= 4 is 5.69 Å². The van der Waals surface area contributed by atoms with Crippen LogP contribution in [0.1, 0.15) is 63.5 Å². The standard InChI is InChI=1S/C16H25N/c1-11(2)14-7-8-16(15(9-14)12(3)4)17-10-13-5-6-13/h7-9,11-13,17H,5-6,10H2,1-4H3. The first-order valence-electron chi connectivity index (χ1n) is 6.95. The van der Waals surface area contributed by atoms with E-state index < -0.39 is 0 Å². The molecule has 1 fully saturated rings. The summed E-state index contributed by atoms with van der Waals surface area (Å²) in [5.74, 6) is 2.14. The van der Waals surface area contributed by atoms with E-state index in [1.54, 1.807) is 0 Å². The molecule has 94 valence electrons. The average Bonchev–Trinajstić information content (AvgIpc) is 3.09. The molecular formula is C16H25N. The molecule has 0 bridgehead atoms. The highest BCUT2D eigenvalue weighted by Gasteiger charge is 2.21. The van der Waals surface area contributed by atoms with Crippen LogP contribution in [0.15, 0.2) is 18.2 Å². The topological polar surface area (TPSA) is 12.0 Å². The fraction of sp³-hybridized carbons (Fsp3) is 0.625. The Morgan fingerprint density at radius 2 is 1.82 bits per heavy atom. The Labute approximate surface area is 106 Å². The lowest BCUT2D eigenvalue weighted by Crippen LogP contribution is -2.07. The Kier molecular flexibility index (Phi) is 3.76. The van der Waals surface area contributed by atoms with Crippen LogP contribution >= 0.6 is 0 Å². The molecule has 0 radical (unpaired) electrons. The maximum atomic E-state index is 3.62. The molecule has 1 nitrogen and oxygen atoms in total. The first-order valence-corrected chi connectivity index (χ1v) is 6.95. The monoisotopic (exact) mass is 231 g/mol. The Hall–Kier alpha value is -0.980. The summed E-state index contributed by atoms with van der Waals surface area (Å²) in [5.41, 5.74) is 4.26. The molecule has 1 aliphatic carbocycles. The molecule has 2 rings (SSSR count). The summed E-state index contributed by atoms with van der Waals surface area (Å²) in [4.78, 5) is 0. The molecule has 0 amide bonds. The van der Waals surface area contributed by atoms with Gasteiger partial charge in [0.25, 0.3) is 0 Å². The molecular weight excluding hydrogens is 206 g/mol. The first-order chi connectivity index (χ1) is 8.08. The summed E-state index contributed by atoms with van der Waals surface area (Å²) in [6.45, 7) is 10.2. The third-order valence-electron chi connectivity index (χ3n) is 3.64. The predicted molar refractivity (Wildman–Crippen MR) is 75.8 cm³/mol. The van der Waals surface area contributed by atoms with E-state index in [9.17, 15) is 0 Å². The van der Waals surface area contributed by atoms with Crippen molar-refractivity contribution in [3.8, 4) is 0 Å². The summed E-state index contributed by atoms with van der Waals surface area (Å²) in [6.07, 6.45) is 2.82. The molecule has 0 saturated heterocycles. The molecule has 0 atom stereocenters. The SMILES string of the molecule is CC(C)c1ccc(NCC2CC2)c(C(C)C)c1. The Morgan fingerprint density at radius 3 is 2.35 bits per heavy atom. The minimum absolute atomic E-state index is 0.593. The minimum atomic E-state index is 0.593. The summed E-state index contributed by atoms with van der Waals surface area (Å²) >= 11 is 0. The van der Waals surface area contributed by atoms with Crippen LogP contribution in [-0.4, -0.2) is 6.54 Å². The van der Waals surface area contributed by atoms with Gasteiger partial charge in [-0.2, -0.15) is 0 Å². The van der Waals surface area contributed by atoms with E-state index in [0.29, 0.717) is 11.8 Å². The van der Waals surface area contributed by atoms with E-state index >= 15 is 0 Å². The van der Waals surface area contributed by atoms with Crippen molar-refractivity contribution in [2.45, 2.75) is 52.4 Å². The molecule has 0 unspecified atom stereocenters. The quantitative estimate of drug-likeness (QED) is 0.770. The fourth-order valence-corrected chi connectivity index (χ4v) is 2.16. The second-order valence-electron chi connectivity index (χ2n) is 5.98. The van der Waals surface area contributed by atoms with E-state index in [1.165, 1.54) is 29.7 Å². The van der Waals surface area contributed by atoms with Gasteiger partial charge in [-0.05, 0) is 47.8 Å². The van der Waals surface area contributed by atoms with Crippen molar-refractivity contribution in [2.75, 3.05) is 11.9 Å². The molecule has 17 heavy (non-hydrogen) atoms. The zero-order valence-corrected chi connectivity index (χ0v) is 11.6. The van der Waals surface area contributed by atoms with Gasteiger partial charge in [0.1, 0.15) is 0 Å². The van der Waals surface area contributed by atoms with Crippen molar-refractivity contribution in [2.24, 2.45) is 5.92 Å². The molecule has 0 heterocycles. The molecule has 0 aliphatic heterocycles. The third kappa shape index (κ3) is 3.24. The number of hydrogen-bond acceptors (Lipinski definition) is 1. The summed E-state index contributed by atoms with van der Waals surface area (Å²) in [5, 5.41) is 3.62. The van der Waals surface area contributed by atoms with Crippen LogP contribution in [0.3, 0.4) is 0 Å². The largest absolute Gasteiger partial charge is 0.385 e. The van der Waals surface area contributed by atoms with Gasteiger partial charge in [0, 0.05) is 12.2 Å². The van der Waals surface area contributed by atoms with E-state index in [0.717, 1.165) is 12.5 Å². The van der Waals surface area contributed by atoms with Crippen molar-refractivity contribution in [1.29, 1.82) is 0 Å². The van der Waals surface area contributed by atoms with Crippen LogP contribution in [0.2, 0.25) is 0 Å². The molecule has 1 N–H and O–H groups in total. The number of rotatable bonds is 5. The minimum Gasteiger partial charge on any atom is -0.385 e. The average molecular weight is 231 g/mol. The van der Waals surface area contributed by atoms with Crippen LogP contribution in [0.4, 0.5) is 5.69 Å². The molecule has 0 spiro atoms. The van der Waals surface area contributed by atoms with Gasteiger partial charge in [0.2, 0.25) is 0 Å². The summed E-state index contributed by atoms with van der Waals surface area (Å²) in [7, 11) is 0. The first kappa shape index (κ1) is 12.5. The third-order valence-corrected chi connectivity index (χ3v) is 3.64. The maximum absolute atomic E-state index is 3.62. The second-order valence-corrected chi connectivity index (χ2v) is 5.98. The van der Waals surface area contributed by atoms with Gasteiger partial charge in [0.15, 0.2) is 0 Å². The van der Waals surface area contributed by atoms with Crippen molar-refractivity contribution in [1.82, 2.24) is 0 Å². The van der Waals surface area contributed by atoms with E-state index in [1.807, 2.05) is 0 Å². The van der Waals surface area contributed by atoms with Gasteiger partial charge in [-0.3, -0.25) is 0 Å². The summed E-state index contributed by atoms with van der Waals surface area (Å²) in [6, 6.07) is 6.92. The van der Waals surface area contributed by atoms with Crippen LogP contribution in [-0.2, 0) is 0 Å². The van der Waals surface area contributed by atoms with Crippen LogP contribution < -0.4 is 5.32 Å². The lowest BCUT2D eigenvalue weighted by Gasteiger charge is -2.17. The van der Waals surface area contributed by atoms with Gasteiger partial charge >= 0.3 is 0 Å². The normalized spacial score (nSPS) is 15.6. The second kappa shape index (κ2) is 5.12. The van der Waals surface area contributed by atoms with Crippen LogP contribution in [0, 0.1) is 5.92 Å². The van der Waals surface area contributed by atoms with Gasteiger partial charge in [-0.25, -0.2) is 0 Å². The smallest absolute Gasteiger partial charge is 0.0375 e. The maximum Gasteiger partial charge on any atom is 0.0375 e. The highest BCUT2D eigenvalue weighted by Crippen LogP contribution is 2.32. The molecule has 1 aromatic rings. The van der Waals surface area contributed by atoms with E-state index in [2.05, 4.69) is 51.2 Å². The highest BCUT2D eigenvalue weighted by atomic mass is 14.9. The lowest BCUT2D eigenvalue weighted by molar-refractivity contribution is 0.827. The Morgan fingerprint density at radius 1 is 1.12 bits per heavy atom. The van der Waals surface area contributed by atoms with Gasteiger partial charge < -0.3 is 5.32 Å². The zero-order valence-electron chi connectivity index (χ0n) is 11.6. The molecule has 0 aromatic heterocycles. The highest BCUT2D eigenvalue weighted by molar-refractivity contribution is 5.54. The van der Waals surface area contributed by atoms with Gasteiger partial charge in [-0.15, -0.1) is 0 Å². The van der Waals surface area contributed by atoms with Crippen LogP contribution in [0.5, 0.6) is 0 Å². The fourth-order valence-electron chi connectivity index (χ4n) is 2.16. The van der Waals surface area contributed by atoms with Crippen molar-refractivity contribution < 1.29 is 0 Å². The number of nitrogens with one attached hydrogen (secondary N) is 1. The predicted octanol–water partition coefficient (Wildman–Crippen LogP) is 4.76. The molecule has 1 aliphatic rings. The van der Waals surface area contributed by atoms with Gasteiger partial charge in [0.05, 0.1) is 0 Å². The molecule has 1 heteroatoms. The van der Waals surface area contributed by atoms with Crippen LogP contribution in [0.25, 0.3) is 0 Å². The van der Waals surface area contributed by atoms with Crippen molar-refractivity contribution in [3.05, 3.63) is 29.3 Å². The van der Waals surface area contributed by atoms with Crippen molar-refractivity contribution in [3.63, 3.8) is 0 Å². The number of anilines is 1. The zero-order chi connectivity index (χ0) is 12.4. The van der Waals surface area contributed by atoms with E-state index in [4.69, 9.17) is 0 Å². The van der Waals surface area contributed by atoms with Gasteiger partial charge in [-0.1, -0.05) is 39.8 Å². The molecule has 1 aromatic carbocycles. The lowest BCUT2D eigenvalue weighted by atomic mass is 9.94. The number of hydrogen-bond donors (Lipinski definition) is 1. The Bertz CT molecular complexity index is 375.